The van der Waals surface area contributed by atoms with E-state index in [9.17, 15) is 0 Å². The molecule has 0 bridgehead atoms. The SMILES string of the molecule is Cc1ncsc1C(C)NCCOC(C)C. The fourth-order valence-corrected chi connectivity index (χ4v) is 2.22. The van der Waals surface area contributed by atoms with Gasteiger partial charge in [0.25, 0.3) is 0 Å². The van der Waals surface area contributed by atoms with Gasteiger partial charge in [-0.05, 0) is 27.7 Å². The van der Waals surface area contributed by atoms with E-state index in [1.807, 2.05) is 5.51 Å². The second-order valence-electron chi connectivity index (χ2n) is 3.90. The zero-order valence-electron chi connectivity index (χ0n) is 9.91. The van der Waals surface area contributed by atoms with Crippen LogP contribution in [0, 0.1) is 6.92 Å². The first-order chi connectivity index (χ1) is 7.11. The average molecular weight is 228 g/mol. The third-order valence-electron chi connectivity index (χ3n) is 2.18. The molecule has 1 rings (SSSR count). The van der Waals surface area contributed by atoms with Crippen LogP contribution in [0.4, 0.5) is 0 Å². The summed E-state index contributed by atoms with van der Waals surface area (Å²) in [6.07, 6.45) is 0.312. The van der Waals surface area contributed by atoms with Gasteiger partial charge in [-0.2, -0.15) is 0 Å². The van der Waals surface area contributed by atoms with Gasteiger partial charge in [-0.15, -0.1) is 11.3 Å². The molecule has 0 spiro atoms. The Morgan fingerprint density at radius 3 is 2.73 bits per heavy atom. The summed E-state index contributed by atoms with van der Waals surface area (Å²) in [5, 5.41) is 3.43. The van der Waals surface area contributed by atoms with E-state index in [0.717, 1.165) is 18.8 Å². The molecule has 0 radical (unpaired) electrons. The van der Waals surface area contributed by atoms with Crippen molar-refractivity contribution in [3.8, 4) is 0 Å². The molecule has 0 saturated carbocycles. The third kappa shape index (κ3) is 4.28. The van der Waals surface area contributed by atoms with E-state index in [1.165, 1.54) is 4.88 Å². The fraction of sp³-hybridized carbons (Fsp3) is 0.727. The predicted molar refractivity (Wildman–Crippen MR) is 64.4 cm³/mol. The van der Waals surface area contributed by atoms with Crippen molar-refractivity contribution in [3.05, 3.63) is 16.1 Å². The Labute approximate surface area is 95.9 Å². The van der Waals surface area contributed by atoms with Gasteiger partial charge < -0.3 is 10.1 Å². The zero-order chi connectivity index (χ0) is 11.3. The van der Waals surface area contributed by atoms with Gasteiger partial charge in [-0.1, -0.05) is 0 Å². The molecule has 3 nitrogen and oxygen atoms in total. The van der Waals surface area contributed by atoms with Crippen LogP contribution in [-0.4, -0.2) is 24.2 Å². The zero-order valence-corrected chi connectivity index (χ0v) is 10.7. The minimum atomic E-state index is 0.312. The summed E-state index contributed by atoms with van der Waals surface area (Å²) in [5.41, 5.74) is 3.03. The summed E-state index contributed by atoms with van der Waals surface area (Å²) >= 11 is 1.71. The normalized spacial score (nSPS) is 13.4. The maximum absolute atomic E-state index is 5.47. The molecule has 1 aromatic heterocycles. The smallest absolute Gasteiger partial charge is 0.0798 e. The third-order valence-corrected chi connectivity index (χ3v) is 3.29. The van der Waals surface area contributed by atoms with E-state index in [2.05, 4.69) is 38.0 Å². The molecule has 0 aliphatic rings. The molecule has 86 valence electrons. The topological polar surface area (TPSA) is 34.2 Å². The maximum atomic E-state index is 5.47. The quantitative estimate of drug-likeness (QED) is 0.760. The highest BCUT2D eigenvalue weighted by Gasteiger charge is 2.09. The van der Waals surface area contributed by atoms with Gasteiger partial charge in [0.1, 0.15) is 0 Å². The van der Waals surface area contributed by atoms with Crippen molar-refractivity contribution in [3.63, 3.8) is 0 Å². The van der Waals surface area contributed by atoms with Crippen LogP contribution in [0.25, 0.3) is 0 Å². The Morgan fingerprint density at radius 1 is 1.47 bits per heavy atom. The molecular formula is C11H20N2OS. The van der Waals surface area contributed by atoms with E-state index in [0.29, 0.717) is 12.1 Å². The van der Waals surface area contributed by atoms with Crippen molar-refractivity contribution in [2.45, 2.75) is 39.8 Å². The van der Waals surface area contributed by atoms with Crippen LogP contribution in [0.5, 0.6) is 0 Å². The molecule has 1 atom stereocenters. The number of nitrogens with one attached hydrogen (secondary N) is 1. The standard InChI is InChI=1S/C11H20N2OS/c1-8(2)14-6-5-12-9(3)11-10(4)13-7-15-11/h7-9,12H,5-6H2,1-4H3. The Kier molecular flexibility index (Phi) is 5.22. The van der Waals surface area contributed by atoms with Gasteiger partial charge in [-0.3, -0.25) is 0 Å². The summed E-state index contributed by atoms with van der Waals surface area (Å²) in [6, 6.07) is 0.369. The van der Waals surface area contributed by atoms with Crippen LogP contribution in [0.15, 0.2) is 5.51 Å². The molecule has 4 heteroatoms. The number of nitrogens with zero attached hydrogens (tertiary/aromatic N) is 1. The number of rotatable bonds is 6. The summed E-state index contributed by atoms with van der Waals surface area (Å²) in [5.74, 6) is 0. The minimum Gasteiger partial charge on any atom is -0.377 e. The largest absolute Gasteiger partial charge is 0.377 e. The number of hydrogen-bond acceptors (Lipinski definition) is 4. The number of hydrogen-bond donors (Lipinski definition) is 1. The van der Waals surface area contributed by atoms with Crippen molar-refractivity contribution in [1.82, 2.24) is 10.3 Å². The van der Waals surface area contributed by atoms with E-state index in [-0.39, 0.29) is 0 Å². The lowest BCUT2D eigenvalue weighted by Gasteiger charge is -2.13. The highest BCUT2D eigenvalue weighted by molar-refractivity contribution is 7.09. The molecule has 1 heterocycles. The lowest BCUT2D eigenvalue weighted by molar-refractivity contribution is 0.0796. The van der Waals surface area contributed by atoms with Crippen LogP contribution >= 0.6 is 11.3 Å². The maximum Gasteiger partial charge on any atom is 0.0798 e. The second kappa shape index (κ2) is 6.20. The first-order valence-electron chi connectivity index (χ1n) is 5.36. The highest BCUT2D eigenvalue weighted by atomic mass is 32.1. The van der Waals surface area contributed by atoms with Crippen LogP contribution in [0.2, 0.25) is 0 Å². The fourth-order valence-electron chi connectivity index (χ4n) is 1.39. The van der Waals surface area contributed by atoms with Crippen LogP contribution < -0.4 is 5.32 Å². The first kappa shape index (κ1) is 12.6. The lowest BCUT2D eigenvalue weighted by Crippen LogP contribution is -2.24. The Bertz CT molecular complexity index is 286. The molecule has 1 aromatic rings. The Morgan fingerprint density at radius 2 is 2.20 bits per heavy atom. The van der Waals surface area contributed by atoms with Crippen molar-refractivity contribution in [2.24, 2.45) is 0 Å². The molecule has 0 aromatic carbocycles. The molecule has 0 aliphatic heterocycles. The van der Waals surface area contributed by atoms with Gasteiger partial charge in [0.2, 0.25) is 0 Å². The molecule has 0 fully saturated rings. The summed E-state index contributed by atoms with van der Waals surface area (Å²) in [6.45, 7) is 9.97. The molecule has 0 saturated heterocycles. The van der Waals surface area contributed by atoms with Crippen molar-refractivity contribution >= 4 is 11.3 Å². The van der Waals surface area contributed by atoms with Crippen molar-refractivity contribution < 1.29 is 4.74 Å². The van der Waals surface area contributed by atoms with E-state index < -0.39 is 0 Å². The Hall–Kier alpha value is -0.450. The van der Waals surface area contributed by atoms with Gasteiger partial charge >= 0.3 is 0 Å². The molecule has 1 N–H and O–H groups in total. The van der Waals surface area contributed by atoms with Gasteiger partial charge in [-0.25, -0.2) is 4.98 Å². The summed E-state index contributed by atoms with van der Waals surface area (Å²) in [4.78, 5) is 5.56. The number of aryl methyl sites for hydroxylation is 1. The van der Waals surface area contributed by atoms with Crippen LogP contribution in [0.3, 0.4) is 0 Å². The monoisotopic (exact) mass is 228 g/mol. The van der Waals surface area contributed by atoms with E-state index in [4.69, 9.17) is 4.74 Å². The second-order valence-corrected chi connectivity index (χ2v) is 4.78. The lowest BCUT2D eigenvalue weighted by atomic mass is 10.2. The van der Waals surface area contributed by atoms with E-state index >= 15 is 0 Å². The molecule has 15 heavy (non-hydrogen) atoms. The minimum absolute atomic E-state index is 0.312. The summed E-state index contributed by atoms with van der Waals surface area (Å²) in [7, 11) is 0. The van der Waals surface area contributed by atoms with Gasteiger partial charge in [0, 0.05) is 17.5 Å². The number of ether oxygens (including phenoxy) is 1. The van der Waals surface area contributed by atoms with Crippen LogP contribution in [-0.2, 0) is 4.74 Å². The van der Waals surface area contributed by atoms with Crippen molar-refractivity contribution in [1.29, 1.82) is 0 Å². The predicted octanol–water partition coefficient (Wildman–Crippen LogP) is 2.53. The highest BCUT2D eigenvalue weighted by Crippen LogP contribution is 2.20. The number of thiazole rings is 1. The first-order valence-corrected chi connectivity index (χ1v) is 6.24. The molecule has 0 aliphatic carbocycles. The summed E-state index contributed by atoms with van der Waals surface area (Å²) < 4.78 is 5.47. The average Bonchev–Trinajstić information content (AvgIpc) is 2.58. The molecule has 1 unspecified atom stereocenters. The van der Waals surface area contributed by atoms with Gasteiger partial charge in [0.05, 0.1) is 23.9 Å². The number of aromatic nitrogens is 1. The van der Waals surface area contributed by atoms with E-state index in [1.54, 1.807) is 11.3 Å². The Balaban J connectivity index is 2.25. The van der Waals surface area contributed by atoms with Crippen molar-refractivity contribution in [2.75, 3.05) is 13.2 Å². The molecule has 0 amide bonds. The van der Waals surface area contributed by atoms with Gasteiger partial charge in [0.15, 0.2) is 0 Å². The molecular weight excluding hydrogens is 208 g/mol. The van der Waals surface area contributed by atoms with Crippen LogP contribution in [0.1, 0.15) is 37.4 Å².